The molecular formula is C18H23N5O2. The number of hydrogen-bond donors (Lipinski definition) is 0. The topological polar surface area (TPSA) is 73.0 Å². The van der Waals surface area contributed by atoms with E-state index in [0.717, 1.165) is 55.8 Å². The molecule has 3 heterocycles. The van der Waals surface area contributed by atoms with Gasteiger partial charge in [-0.15, -0.1) is 0 Å². The molecule has 7 nitrogen and oxygen atoms in total. The summed E-state index contributed by atoms with van der Waals surface area (Å²) in [7, 11) is 1.67. The summed E-state index contributed by atoms with van der Waals surface area (Å²) >= 11 is 0. The maximum absolute atomic E-state index is 12.3. The molecule has 25 heavy (non-hydrogen) atoms. The van der Waals surface area contributed by atoms with Crippen LogP contribution < -0.4 is 11.1 Å². The molecule has 1 aliphatic heterocycles. The third kappa shape index (κ3) is 3.42. The van der Waals surface area contributed by atoms with Crippen LogP contribution in [0.15, 0.2) is 27.8 Å². The Morgan fingerprint density at radius 3 is 2.68 bits per heavy atom. The van der Waals surface area contributed by atoms with E-state index in [2.05, 4.69) is 15.1 Å². The van der Waals surface area contributed by atoms with E-state index in [4.69, 9.17) is 0 Å². The van der Waals surface area contributed by atoms with E-state index in [1.807, 2.05) is 0 Å². The van der Waals surface area contributed by atoms with Gasteiger partial charge in [-0.1, -0.05) is 0 Å². The van der Waals surface area contributed by atoms with Crippen molar-refractivity contribution >= 4 is 0 Å². The lowest BCUT2D eigenvalue weighted by molar-refractivity contribution is 0.0746. The van der Waals surface area contributed by atoms with Gasteiger partial charge in [-0.25, -0.2) is 9.36 Å². The van der Waals surface area contributed by atoms with E-state index in [9.17, 15) is 9.59 Å². The molecule has 1 aliphatic carbocycles. The SMILES string of the molecule is Cn1nc(CN2CC(Cn3nc4c(cc3=O)CCCC4)C2)ccc1=O. The highest BCUT2D eigenvalue weighted by Gasteiger charge is 2.28. The minimum atomic E-state index is -0.0944. The Morgan fingerprint density at radius 1 is 1.08 bits per heavy atom. The normalized spacial score (nSPS) is 18.0. The lowest BCUT2D eigenvalue weighted by Gasteiger charge is -2.39. The molecule has 0 radical (unpaired) electrons. The first-order chi connectivity index (χ1) is 12.1. The van der Waals surface area contributed by atoms with E-state index < -0.39 is 0 Å². The molecule has 7 heteroatoms. The second kappa shape index (κ2) is 6.55. The van der Waals surface area contributed by atoms with Crippen molar-refractivity contribution in [2.45, 2.75) is 38.8 Å². The first kappa shape index (κ1) is 16.2. The van der Waals surface area contributed by atoms with Crippen molar-refractivity contribution in [2.75, 3.05) is 13.1 Å². The Morgan fingerprint density at radius 2 is 1.88 bits per heavy atom. The number of aryl methyl sites for hydroxylation is 3. The zero-order chi connectivity index (χ0) is 17.4. The molecule has 2 aromatic rings. The molecule has 0 spiro atoms. The molecule has 2 aromatic heterocycles. The van der Waals surface area contributed by atoms with Crippen LogP contribution in [-0.2, 0) is 33.0 Å². The summed E-state index contributed by atoms with van der Waals surface area (Å²) in [6, 6.07) is 5.12. The molecule has 1 saturated heterocycles. The van der Waals surface area contributed by atoms with Gasteiger partial charge in [0, 0.05) is 44.7 Å². The molecule has 0 saturated carbocycles. The predicted molar refractivity (Wildman–Crippen MR) is 93.4 cm³/mol. The van der Waals surface area contributed by atoms with E-state index in [1.54, 1.807) is 29.9 Å². The molecule has 2 aliphatic rings. The Kier molecular flexibility index (Phi) is 4.25. The van der Waals surface area contributed by atoms with Gasteiger partial charge in [0.2, 0.25) is 0 Å². The summed E-state index contributed by atoms with van der Waals surface area (Å²) in [4.78, 5) is 25.9. The first-order valence-corrected chi connectivity index (χ1v) is 8.94. The van der Waals surface area contributed by atoms with Gasteiger partial charge in [-0.2, -0.15) is 10.2 Å². The van der Waals surface area contributed by atoms with Crippen LogP contribution in [0.5, 0.6) is 0 Å². The predicted octanol–water partition coefficient (Wildman–Crippen LogP) is 0.348. The van der Waals surface area contributed by atoms with E-state index >= 15 is 0 Å². The third-order valence-corrected chi connectivity index (χ3v) is 5.14. The lowest BCUT2D eigenvalue weighted by atomic mass is 9.96. The highest BCUT2D eigenvalue weighted by Crippen LogP contribution is 2.20. The summed E-state index contributed by atoms with van der Waals surface area (Å²) in [5.74, 6) is 0.444. The van der Waals surface area contributed by atoms with Gasteiger partial charge >= 0.3 is 0 Å². The van der Waals surface area contributed by atoms with Crippen LogP contribution >= 0.6 is 0 Å². The van der Waals surface area contributed by atoms with E-state index in [-0.39, 0.29) is 11.1 Å². The van der Waals surface area contributed by atoms with E-state index in [1.165, 1.54) is 11.1 Å². The van der Waals surface area contributed by atoms with E-state index in [0.29, 0.717) is 12.5 Å². The fourth-order valence-corrected chi connectivity index (χ4v) is 3.76. The quantitative estimate of drug-likeness (QED) is 0.802. The summed E-state index contributed by atoms with van der Waals surface area (Å²) < 4.78 is 3.01. The van der Waals surface area contributed by atoms with Crippen molar-refractivity contribution in [3.05, 3.63) is 55.9 Å². The minimum absolute atomic E-state index is 0.0267. The number of hydrogen-bond acceptors (Lipinski definition) is 5. The van der Waals surface area contributed by atoms with Gasteiger partial charge in [-0.05, 0) is 37.3 Å². The summed E-state index contributed by atoms with van der Waals surface area (Å²) in [6.45, 7) is 3.27. The number of rotatable bonds is 4. The summed E-state index contributed by atoms with van der Waals surface area (Å²) in [5.41, 5.74) is 3.08. The average Bonchev–Trinajstić information content (AvgIpc) is 2.56. The van der Waals surface area contributed by atoms with Crippen LogP contribution in [0.2, 0.25) is 0 Å². The Hall–Kier alpha value is -2.28. The third-order valence-electron chi connectivity index (χ3n) is 5.14. The van der Waals surface area contributed by atoms with Crippen molar-refractivity contribution in [3.8, 4) is 0 Å². The highest BCUT2D eigenvalue weighted by molar-refractivity contribution is 5.20. The average molecular weight is 341 g/mol. The van der Waals surface area contributed by atoms with Crippen LogP contribution in [0.3, 0.4) is 0 Å². The van der Waals surface area contributed by atoms with Crippen LogP contribution in [0, 0.1) is 5.92 Å². The van der Waals surface area contributed by atoms with Gasteiger partial charge in [0.25, 0.3) is 11.1 Å². The zero-order valence-corrected chi connectivity index (χ0v) is 14.5. The van der Waals surface area contributed by atoms with Crippen molar-refractivity contribution in [3.63, 3.8) is 0 Å². The van der Waals surface area contributed by atoms with Crippen molar-refractivity contribution in [1.29, 1.82) is 0 Å². The van der Waals surface area contributed by atoms with Crippen LogP contribution in [0.25, 0.3) is 0 Å². The monoisotopic (exact) mass is 341 g/mol. The second-order valence-electron chi connectivity index (χ2n) is 7.19. The second-order valence-corrected chi connectivity index (χ2v) is 7.19. The molecular weight excluding hydrogens is 318 g/mol. The molecule has 0 unspecified atom stereocenters. The molecule has 0 atom stereocenters. The molecule has 4 rings (SSSR count). The molecule has 1 fully saturated rings. The summed E-state index contributed by atoms with van der Waals surface area (Å²) in [6.07, 6.45) is 4.31. The standard InChI is InChI=1S/C18H23N5O2/c1-21-17(24)7-6-15(19-21)12-22-9-13(10-22)11-23-18(25)8-14-4-2-3-5-16(14)20-23/h6-8,13H,2-5,9-12H2,1H3. The number of aromatic nitrogens is 4. The fraction of sp³-hybridized carbons (Fsp3) is 0.556. The molecule has 0 N–H and O–H groups in total. The maximum atomic E-state index is 12.3. The number of fused-ring (bicyclic) bond motifs is 1. The van der Waals surface area contributed by atoms with Gasteiger partial charge in [0.1, 0.15) is 0 Å². The van der Waals surface area contributed by atoms with Crippen molar-refractivity contribution in [2.24, 2.45) is 13.0 Å². The lowest BCUT2D eigenvalue weighted by Crippen LogP contribution is -2.49. The van der Waals surface area contributed by atoms with Gasteiger partial charge in [0.15, 0.2) is 0 Å². The smallest absolute Gasteiger partial charge is 0.267 e. The molecule has 0 bridgehead atoms. The highest BCUT2D eigenvalue weighted by atomic mass is 16.1. The minimum Gasteiger partial charge on any atom is -0.297 e. The molecule has 0 aromatic carbocycles. The fourth-order valence-electron chi connectivity index (χ4n) is 3.76. The van der Waals surface area contributed by atoms with Gasteiger partial charge in [0.05, 0.1) is 17.9 Å². The maximum Gasteiger partial charge on any atom is 0.267 e. The van der Waals surface area contributed by atoms with Gasteiger partial charge in [-0.3, -0.25) is 14.5 Å². The Balaban J connectivity index is 1.36. The summed E-state index contributed by atoms with van der Waals surface area (Å²) in [5, 5.41) is 8.86. The van der Waals surface area contributed by atoms with Crippen molar-refractivity contribution in [1.82, 2.24) is 24.5 Å². The van der Waals surface area contributed by atoms with Crippen LogP contribution in [-0.4, -0.2) is 37.6 Å². The zero-order valence-electron chi connectivity index (χ0n) is 14.5. The first-order valence-electron chi connectivity index (χ1n) is 8.94. The van der Waals surface area contributed by atoms with Gasteiger partial charge < -0.3 is 0 Å². The number of nitrogens with zero attached hydrogens (tertiary/aromatic N) is 5. The van der Waals surface area contributed by atoms with Crippen LogP contribution in [0.1, 0.15) is 29.8 Å². The Bertz CT molecular complexity index is 895. The van der Waals surface area contributed by atoms with Crippen LogP contribution in [0.4, 0.5) is 0 Å². The largest absolute Gasteiger partial charge is 0.297 e. The molecule has 0 amide bonds. The Labute approximate surface area is 145 Å². The number of likely N-dealkylation sites (tertiary alicyclic amines) is 1. The van der Waals surface area contributed by atoms with Crippen molar-refractivity contribution < 1.29 is 0 Å². The molecule has 132 valence electrons.